The molecule has 0 saturated heterocycles. The van der Waals surface area contributed by atoms with Crippen molar-refractivity contribution in [1.29, 1.82) is 0 Å². The van der Waals surface area contributed by atoms with Crippen LogP contribution in [0.2, 0.25) is 5.02 Å². The molecule has 0 bridgehead atoms. The lowest BCUT2D eigenvalue weighted by Crippen LogP contribution is -2.05. The Hall–Kier alpha value is -1.38. The molecular formula is C14H13ClFN. The molecule has 0 saturated carbocycles. The highest BCUT2D eigenvalue weighted by molar-refractivity contribution is 6.31. The van der Waals surface area contributed by atoms with Crippen LogP contribution in [-0.4, -0.2) is 0 Å². The lowest BCUT2D eigenvalue weighted by atomic mass is 10.0. The average Bonchev–Trinajstić information content (AvgIpc) is 2.29. The quantitative estimate of drug-likeness (QED) is 0.850. The molecule has 88 valence electrons. The van der Waals surface area contributed by atoms with Crippen LogP contribution in [0.25, 0.3) is 11.1 Å². The molecule has 0 aromatic heterocycles. The van der Waals surface area contributed by atoms with Crippen molar-refractivity contribution in [2.24, 2.45) is 5.73 Å². The molecule has 0 heterocycles. The molecule has 3 heteroatoms. The number of rotatable bonds is 2. The Morgan fingerprint density at radius 2 is 1.82 bits per heavy atom. The van der Waals surface area contributed by atoms with Crippen LogP contribution in [0, 0.1) is 5.82 Å². The summed E-state index contributed by atoms with van der Waals surface area (Å²) in [4.78, 5) is 0. The van der Waals surface area contributed by atoms with Gasteiger partial charge in [-0.05, 0) is 47.9 Å². The smallest absolute Gasteiger partial charge is 0.123 e. The van der Waals surface area contributed by atoms with Crippen LogP contribution in [0.3, 0.4) is 0 Å². The molecule has 1 nitrogen and oxygen atoms in total. The Balaban J connectivity index is 2.50. The monoisotopic (exact) mass is 249 g/mol. The summed E-state index contributed by atoms with van der Waals surface area (Å²) in [5.74, 6) is -0.250. The molecule has 17 heavy (non-hydrogen) atoms. The van der Waals surface area contributed by atoms with Gasteiger partial charge in [0.05, 0.1) is 0 Å². The maximum absolute atomic E-state index is 13.1. The molecule has 0 radical (unpaired) electrons. The predicted octanol–water partition coefficient (Wildman–Crippen LogP) is 4.17. The van der Waals surface area contributed by atoms with Gasteiger partial charge in [0.25, 0.3) is 0 Å². The van der Waals surface area contributed by atoms with Crippen LogP contribution >= 0.6 is 11.6 Å². The van der Waals surface area contributed by atoms with E-state index in [0.717, 1.165) is 16.7 Å². The van der Waals surface area contributed by atoms with Crippen molar-refractivity contribution >= 4 is 11.6 Å². The second-order valence-corrected chi connectivity index (χ2v) is 4.44. The summed E-state index contributed by atoms with van der Waals surface area (Å²) in [6, 6.07) is 11.9. The third-order valence-electron chi connectivity index (χ3n) is 2.64. The summed E-state index contributed by atoms with van der Waals surface area (Å²) < 4.78 is 13.1. The third-order valence-corrected chi connectivity index (χ3v) is 2.99. The predicted molar refractivity (Wildman–Crippen MR) is 69.4 cm³/mol. The number of benzene rings is 2. The highest BCUT2D eigenvalue weighted by Gasteiger charge is 2.07. The van der Waals surface area contributed by atoms with Crippen molar-refractivity contribution in [2.45, 2.75) is 13.0 Å². The van der Waals surface area contributed by atoms with Crippen molar-refractivity contribution in [3.8, 4) is 11.1 Å². The summed E-state index contributed by atoms with van der Waals surface area (Å²) >= 11 is 6.06. The second-order valence-electron chi connectivity index (χ2n) is 4.04. The molecule has 0 aliphatic carbocycles. The third kappa shape index (κ3) is 2.65. The van der Waals surface area contributed by atoms with Crippen LogP contribution in [0.5, 0.6) is 0 Å². The number of hydrogen-bond acceptors (Lipinski definition) is 1. The zero-order valence-corrected chi connectivity index (χ0v) is 10.2. The number of halogens is 2. The Morgan fingerprint density at radius 3 is 2.47 bits per heavy atom. The second kappa shape index (κ2) is 4.86. The maximum Gasteiger partial charge on any atom is 0.123 e. The van der Waals surface area contributed by atoms with E-state index in [9.17, 15) is 4.39 Å². The first-order chi connectivity index (χ1) is 8.08. The first-order valence-electron chi connectivity index (χ1n) is 5.39. The highest BCUT2D eigenvalue weighted by Crippen LogP contribution is 2.28. The van der Waals surface area contributed by atoms with E-state index in [4.69, 9.17) is 17.3 Å². The molecule has 0 aliphatic heterocycles. The molecule has 2 N–H and O–H groups in total. The molecule has 2 rings (SSSR count). The van der Waals surface area contributed by atoms with Crippen molar-refractivity contribution in [1.82, 2.24) is 0 Å². The summed E-state index contributed by atoms with van der Waals surface area (Å²) in [7, 11) is 0. The van der Waals surface area contributed by atoms with Gasteiger partial charge in [-0.1, -0.05) is 29.8 Å². The van der Waals surface area contributed by atoms with Gasteiger partial charge in [0, 0.05) is 11.1 Å². The van der Waals surface area contributed by atoms with E-state index in [1.54, 1.807) is 12.1 Å². The molecule has 0 spiro atoms. The lowest BCUT2D eigenvalue weighted by molar-refractivity contribution is 0.628. The van der Waals surface area contributed by atoms with Crippen molar-refractivity contribution in [3.05, 3.63) is 58.9 Å². The molecule has 2 aromatic carbocycles. The molecule has 0 fully saturated rings. The van der Waals surface area contributed by atoms with E-state index in [0.29, 0.717) is 5.02 Å². The largest absolute Gasteiger partial charge is 0.324 e. The zero-order chi connectivity index (χ0) is 12.4. The zero-order valence-electron chi connectivity index (χ0n) is 9.45. The Kier molecular flexibility index (Phi) is 3.46. The Bertz CT molecular complexity index is 537. The number of nitrogens with two attached hydrogens (primary N) is 1. The van der Waals surface area contributed by atoms with Gasteiger partial charge in [-0.15, -0.1) is 0 Å². The minimum absolute atomic E-state index is 0.143. The topological polar surface area (TPSA) is 26.0 Å². The molecular weight excluding hydrogens is 237 g/mol. The van der Waals surface area contributed by atoms with Gasteiger partial charge in [0.2, 0.25) is 0 Å². The van der Waals surface area contributed by atoms with Gasteiger partial charge in [-0.2, -0.15) is 0 Å². The minimum Gasteiger partial charge on any atom is -0.324 e. The Morgan fingerprint density at radius 1 is 1.12 bits per heavy atom. The van der Waals surface area contributed by atoms with Crippen molar-refractivity contribution in [2.75, 3.05) is 0 Å². The van der Waals surface area contributed by atoms with Gasteiger partial charge >= 0.3 is 0 Å². The summed E-state index contributed by atoms with van der Waals surface area (Å²) in [5.41, 5.74) is 8.44. The normalized spacial score (nSPS) is 12.5. The standard InChI is InChI=1S/C14H13ClFN/c1-9(17)13-8-11(5-6-14(13)15)10-3-2-4-12(16)7-10/h2-9H,17H2,1H3. The number of hydrogen-bond donors (Lipinski definition) is 1. The lowest BCUT2D eigenvalue weighted by Gasteiger charge is -2.11. The summed E-state index contributed by atoms with van der Waals surface area (Å²) in [6.07, 6.45) is 0. The molecule has 0 aliphatic rings. The van der Waals surface area contributed by atoms with E-state index in [1.807, 2.05) is 25.1 Å². The first kappa shape index (κ1) is 12.1. The molecule has 2 aromatic rings. The van der Waals surface area contributed by atoms with E-state index in [2.05, 4.69) is 0 Å². The summed E-state index contributed by atoms with van der Waals surface area (Å²) in [5, 5.41) is 0.639. The van der Waals surface area contributed by atoms with Crippen LogP contribution in [0.15, 0.2) is 42.5 Å². The van der Waals surface area contributed by atoms with E-state index in [-0.39, 0.29) is 11.9 Å². The van der Waals surface area contributed by atoms with E-state index < -0.39 is 0 Å². The molecule has 0 amide bonds. The van der Waals surface area contributed by atoms with Crippen LogP contribution < -0.4 is 5.73 Å². The van der Waals surface area contributed by atoms with Crippen LogP contribution in [-0.2, 0) is 0 Å². The van der Waals surface area contributed by atoms with Gasteiger partial charge < -0.3 is 5.73 Å². The molecule has 1 unspecified atom stereocenters. The van der Waals surface area contributed by atoms with E-state index >= 15 is 0 Å². The highest BCUT2D eigenvalue weighted by atomic mass is 35.5. The van der Waals surface area contributed by atoms with Crippen molar-refractivity contribution < 1.29 is 4.39 Å². The van der Waals surface area contributed by atoms with Crippen LogP contribution in [0.4, 0.5) is 4.39 Å². The SMILES string of the molecule is CC(N)c1cc(-c2cccc(F)c2)ccc1Cl. The maximum atomic E-state index is 13.1. The minimum atomic E-state index is -0.250. The fraction of sp³-hybridized carbons (Fsp3) is 0.143. The first-order valence-corrected chi connectivity index (χ1v) is 5.76. The van der Waals surface area contributed by atoms with E-state index in [1.165, 1.54) is 12.1 Å². The van der Waals surface area contributed by atoms with Crippen LogP contribution in [0.1, 0.15) is 18.5 Å². The fourth-order valence-corrected chi connectivity index (χ4v) is 2.03. The van der Waals surface area contributed by atoms with Gasteiger partial charge in [0.15, 0.2) is 0 Å². The Labute approximate surface area is 105 Å². The van der Waals surface area contributed by atoms with Crippen molar-refractivity contribution in [3.63, 3.8) is 0 Å². The molecule has 1 atom stereocenters. The van der Waals surface area contributed by atoms with Gasteiger partial charge in [-0.25, -0.2) is 4.39 Å². The fourth-order valence-electron chi connectivity index (χ4n) is 1.74. The summed E-state index contributed by atoms with van der Waals surface area (Å²) in [6.45, 7) is 1.87. The van der Waals surface area contributed by atoms with Gasteiger partial charge in [0.1, 0.15) is 5.82 Å². The van der Waals surface area contributed by atoms with Gasteiger partial charge in [-0.3, -0.25) is 0 Å². The average molecular weight is 250 g/mol.